The summed E-state index contributed by atoms with van der Waals surface area (Å²) in [6.07, 6.45) is -8.63. The van der Waals surface area contributed by atoms with Gasteiger partial charge in [0.15, 0.2) is 0 Å². The first kappa shape index (κ1) is 24.6. The Kier molecular flexibility index (Phi) is 6.58. The van der Waals surface area contributed by atoms with Crippen LogP contribution in [-0.4, -0.2) is 11.8 Å². The van der Waals surface area contributed by atoms with Gasteiger partial charge in [0.05, 0.1) is 11.1 Å². The van der Waals surface area contributed by atoms with E-state index in [-0.39, 0.29) is 5.76 Å². The van der Waals surface area contributed by atoms with Crippen LogP contribution in [0.3, 0.4) is 0 Å². The first-order valence-electron chi connectivity index (χ1n) is 9.54. The number of carbonyl (C=O) groups is 2. The summed E-state index contributed by atoms with van der Waals surface area (Å²) in [6.45, 7) is 1.58. The first-order valence-corrected chi connectivity index (χ1v) is 9.54. The number of furan rings is 1. The van der Waals surface area contributed by atoms with Gasteiger partial charge in [-0.2, -0.15) is 26.3 Å². The van der Waals surface area contributed by atoms with E-state index in [4.69, 9.17) is 10.2 Å². The number of nitrogens with two attached hydrogens (primary N) is 1. The fourth-order valence-electron chi connectivity index (χ4n) is 3.06. The van der Waals surface area contributed by atoms with Crippen LogP contribution >= 0.6 is 0 Å². The Morgan fingerprint density at radius 1 is 0.853 bits per heavy atom. The lowest BCUT2D eigenvalue weighted by Gasteiger charge is -2.25. The molecule has 2 N–H and O–H groups in total. The van der Waals surface area contributed by atoms with Crippen LogP contribution in [0.25, 0.3) is 6.08 Å². The van der Waals surface area contributed by atoms with E-state index >= 15 is 0 Å². The molecule has 1 heterocycles. The zero-order valence-corrected chi connectivity index (χ0v) is 17.4. The molecular weight excluding hydrogens is 466 g/mol. The molecule has 0 atom stereocenters. The Morgan fingerprint density at radius 2 is 1.35 bits per heavy atom. The number of rotatable bonds is 5. The molecule has 0 fully saturated rings. The molecule has 178 valence electrons. The van der Waals surface area contributed by atoms with E-state index in [9.17, 15) is 35.9 Å². The van der Waals surface area contributed by atoms with Crippen molar-refractivity contribution in [2.24, 2.45) is 5.73 Å². The molecule has 0 aliphatic heterocycles. The maximum absolute atomic E-state index is 13.4. The number of halogens is 6. The first-order chi connectivity index (χ1) is 15.8. The molecule has 3 rings (SSSR count). The van der Waals surface area contributed by atoms with Gasteiger partial charge in [0.2, 0.25) is 0 Å². The third kappa shape index (κ3) is 5.48. The van der Waals surface area contributed by atoms with Crippen molar-refractivity contribution < 1.29 is 40.3 Å². The molecular formula is C23H16F6N2O3. The highest BCUT2D eigenvalue weighted by atomic mass is 19.4. The summed E-state index contributed by atoms with van der Waals surface area (Å²) >= 11 is 0. The second-order valence-electron chi connectivity index (χ2n) is 7.11. The van der Waals surface area contributed by atoms with E-state index in [0.717, 1.165) is 42.5 Å². The number of benzene rings is 2. The summed E-state index contributed by atoms with van der Waals surface area (Å²) in [5, 5.41) is 0. The van der Waals surface area contributed by atoms with Crippen LogP contribution in [0.2, 0.25) is 0 Å². The number of hydrogen-bond donors (Lipinski definition) is 1. The third-order valence-corrected chi connectivity index (χ3v) is 4.61. The van der Waals surface area contributed by atoms with Crippen molar-refractivity contribution in [3.63, 3.8) is 0 Å². The topological polar surface area (TPSA) is 76.5 Å². The lowest BCUT2D eigenvalue weighted by molar-refractivity contribution is -0.138. The molecule has 3 aromatic rings. The van der Waals surface area contributed by atoms with Gasteiger partial charge in [0.1, 0.15) is 17.1 Å². The van der Waals surface area contributed by atoms with E-state index in [1.165, 1.54) is 12.1 Å². The van der Waals surface area contributed by atoms with E-state index in [1.807, 2.05) is 0 Å². The van der Waals surface area contributed by atoms with E-state index < -0.39 is 52.2 Å². The molecule has 34 heavy (non-hydrogen) atoms. The summed E-state index contributed by atoms with van der Waals surface area (Å²) in [6, 6.07) is 9.68. The lowest BCUT2D eigenvalue weighted by atomic mass is 10.1. The molecule has 11 heteroatoms. The van der Waals surface area contributed by atoms with Gasteiger partial charge in [0.25, 0.3) is 11.8 Å². The van der Waals surface area contributed by atoms with Gasteiger partial charge in [-0.15, -0.1) is 0 Å². The maximum Gasteiger partial charge on any atom is 0.416 e. The SMILES string of the molecule is Cc1ccc(C=C(C(N)=O)C(=O)N(c2cccc(C(F)(F)F)c2)c2cccc(C(F)(F)F)c2)o1. The molecule has 0 bridgehead atoms. The highest BCUT2D eigenvalue weighted by molar-refractivity contribution is 6.27. The number of nitrogens with zero attached hydrogens (tertiary/aromatic N) is 1. The van der Waals surface area contributed by atoms with Gasteiger partial charge < -0.3 is 10.2 Å². The van der Waals surface area contributed by atoms with Crippen LogP contribution in [0.4, 0.5) is 37.7 Å². The molecule has 0 spiro atoms. The Labute approximate surface area is 189 Å². The number of amides is 2. The van der Waals surface area contributed by atoms with Crippen LogP contribution in [0, 0.1) is 6.92 Å². The summed E-state index contributed by atoms with van der Waals surface area (Å²) in [7, 11) is 0. The maximum atomic E-state index is 13.4. The fourth-order valence-corrected chi connectivity index (χ4v) is 3.06. The number of aryl methyl sites for hydroxylation is 1. The van der Waals surface area contributed by atoms with E-state index in [2.05, 4.69) is 0 Å². The standard InChI is InChI=1S/C23H16F6N2O3/c1-13-8-9-18(34-13)12-19(20(30)32)21(33)31(16-6-2-4-14(10-16)22(24,25)26)17-7-3-5-15(11-17)23(27,28)29/h2-12H,1H3,(H2,30,32). The van der Waals surface area contributed by atoms with Gasteiger partial charge in [-0.1, -0.05) is 12.1 Å². The average Bonchev–Trinajstić information content (AvgIpc) is 3.16. The van der Waals surface area contributed by atoms with Crippen LogP contribution in [-0.2, 0) is 21.9 Å². The van der Waals surface area contributed by atoms with Crippen LogP contribution in [0.1, 0.15) is 22.6 Å². The Morgan fingerprint density at radius 3 is 1.74 bits per heavy atom. The van der Waals surface area contributed by atoms with Gasteiger partial charge in [0, 0.05) is 11.4 Å². The summed E-state index contributed by atoms with van der Waals surface area (Å²) in [5.74, 6) is -2.05. The second kappa shape index (κ2) is 9.08. The molecule has 5 nitrogen and oxygen atoms in total. The molecule has 0 unspecified atom stereocenters. The summed E-state index contributed by atoms with van der Waals surface area (Å²) < 4.78 is 85.0. The van der Waals surface area contributed by atoms with Crippen LogP contribution < -0.4 is 10.6 Å². The van der Waals surface area contributed by atoms with Crippen LogP contribution in [0.15, 0.2) is 70.7 Å². The van der Waals surface area contributed by atoms with Crippen molar-refractivity contribution in [1.29, 1.82) is 0 Å². The quantitative estimate of drug-likeness (QED) is 0.214. The van der Waals surface area contributed by atoms with Gasteiger partial charge in [-0.25, -0.2) is 0 Å². The molecule has 2 aromatic carbocycles. The number of primary amides is 1. The van der Waals surface area contributed by atoms with Crippen molar-refractivity contribution in [1.82, 2.24) is 0 Å². The number of carbonyl (C=O) groups excluding carboxylic acids is 2. The Balaban J connectivity index is 2.22. The fraction of sp³-hybridized carbons (Fsp3) is 0.130. The van der Waals surface area contributed by atoms with Gasteiger partial charge in [-0.3, -0.25) is 14.5 Å². The molecule has 2 amide bonds. The minimum Gasteiger partial charge on any atom is -0.462 e. The van der Waals surface area contributed by atoms with E-state index in [1.54, 1.807) is 6.92 Å². The smallest absolute Gasteiger partial charge is 0.416 e. The lowest BCUT2D eigenvalue weighted by Crippen LogP contribution is -2.33. The molecule has 0 aliphatic rings. The van der Waals surface area contributed by atoms with Gasteiger partial charge in [-0.05, 0) is 61.5 Å². The zero-order valence-electron chi connectivity index (χ0n) is 17.4. The Hall–Kier alpha value is -4.02. The second-order valence-corrected chi connectivity index (χ2v) is 7.11. The molecule has 0 saturated heterocycles. The number of alkyl halides is 6. The molecule has 0 aliphatic carbocycles. The highest BCUT2D eigenvalue weighted by Gasteiger charge is 2.34. The predicted molar refractivity (Wildman–Crippen MR) is 111 cm³/mol. The number of anilines is 2. The normalized spacial score (nSPS) is 12.5. The molecule has 0 saturated carbocycles. The number of hydrogen-bond acceptors (Lipinski definition) is 3. The van der Waals surface area contributed by atoms with Crippen molar-refractivity contribution in [2.75, 3.05) is 4.90 Å². The largest absolute Gasteiger partial charge is 0.462 e. The average molecular weight is 482 g/mol. The minimum absolute atomic E-state index is 0.0349. The molecule has 0 radical (unpaired) electrons. The summed E-state index contributed by atoms with van der Waals surface area (Å²) in [5.41, 5.74) is 1.45. The van der Waals surface area contributed by atoms with E-state index in [0.29, 0.717) is 22.8 Å². The monoisotopic (exact) mass is 482 g/mol. The zero-order chi connectivity index (χ0) is 25.3. The predicted octanol–water partition coefficient (Wildman–Crippen LogP) is 5.86. The van der Waals surface area contributed by atoms with Crippen molar-refractivity contribution in [3.8, 4) is 0 Å². The van der Waals surface area contributed by atoms with Crippen molar-refractivity contribution in [2.45, 2.75) is 19.3 Å². The summed E-state index contributed by atoms with van der Waals surface area (Å²) in [4.78, 5) is 26.0. The highest BCUT2D eigenvalue weighted by Crippen LogP contribution is 2.37. The van der Waals surface area contributed by atoms with Crippen molar-refractivity contribution in [3.05, 3.63) is 88.9 Å². The van der Waals surface area contributed by atoms with Gasteiger partial charge >= 0.3 is 12.4 Å². The minimum atomic E-state index is -4.80. The van der Waals surface area contributed by atoms with Crippen molar-refractivity contribution >= 4 is 29.3 Å². The Bertz CT molecular complexity index is 1200. The molecule has 1 aromatic heterocycles. The third-order valence-electron chi connectivity index (χ3n) is 4.61. The van der Waals surface area contributed by atoms with Crippen LogP contribution in [0.5, 0.6) is 0 Å².